The number of anilines is 2. The Hall–Kier alpha value is -1.78. The lowest BCUT2D eigenvalue weighted by molar-refractivity contribution is -0.117. The van der Waals surface area contributed by atoms with Gasteiger partial charge >= 0.3 is 0 Å². The van der Waals surface area contributed by atoms with Gasteiger partial charge in [0.25, 0.3) is 0 Å². The Balaban J connectivity index is 1.81. The summed E-state index contributed by atoms with van der Waals surface area (Å²) in [7, 11) is 0. The van der Waals surface area contributed by atoms with Crippen molar-refractivity contribution in [3.8, 4) is 0 Å². The standard InChI is InChI=1S/C22H25Cl2FN2O/c1-22(2,3)12-21(28)27-20-9-13-5-4-6-19(15(13)11-18(20)25)26-14-7-8-16(23)17(24)10-14/h7-11,19,26H,4-6,12H2,1-3H3,(H,27,28). The molecule has 0 fully saturated rings. The van der Waals surface area contributed by atoms with Crippen LogP contribution in [0, 0.1) is 11.2 Å². The maximum absolute atomic E-state index is 14.7. The molecule has 0 aliphatic heterocycles. The van der Waals surface area contributed by atoms with Gasteiger partial charge in [-0.2, -0.15) is 0 Å². The van der Waals surface area contributed by atoms with Crippen LogP contribution in [0.15, 0.2) is 30.3 Å². The first-order valence-corrected chi connectivity index (χ1v) is 10.2. The average molecular weight is 423 g/mol. The van der Waals surface area contributed by atoms with Crippen molar-refractivity contribution in [2.24, 2.45) is 5.41 Å². The summed E-state index contributed by atoms with van der Waals surface area (Å²) in [5.41, 5.74) is 2.92. The minimum atomic E-state index is -0.413. The van der Waals surface area contributed by atoms with Gasteiger partial charge in [-0.25, -0.2) is 4.39 Å². The summed E-state index contributed by atoms with van der Waals surface area (Å²) in [5.74, 6) is -0.587. The van der Waals surface area contributed by atoms with E-state index in [1.165, 1.54) is 6.07 Å². The molecule has 2 aromatic carbocycles. The van der Waals surface area contributed by atoms with E-state index in [1.54, 1.807) is 18.2 Å². The Kier molecular flexibility index (Phi) is 6.21. The van der Waals surface area contributed by atoms with E-state index in [0.717, 1.165) is 36.1 Å². The van der Waals surface area contributed by atoms with Crippen LogP contribution in [-0.4, -0.2) is 5.91 Å². The molecular formula is C22H25Cl2FN2O. The van der Waals surface area contributed by atoms with Crippen molar-refractivity contribution in [1.29, 1.82) is 0 Å². The van der Waals surface area contributed by atoms with Gasteiger partial charge in [-0.05, 0) is 66.1 Å². The van der Waals surface area contributed by atoms with Gasteiger partial charge in [-0.15, -0.1) is 0 Å². The molecule has 1 atom stereocenters. The van der Waals surface area contributed by atoms with Crippen molar-refractivity contribution in [2.45, 2.75) is 52.5 Å². The number of amides is 1. The third-order valence-electron chi connectivity index (χ3n) is 4.77. The normalized spacial score (nSPS) is 16.4. The summed E-state index contributed by atoms with van der Waals surface area (Å²) in [5, 5.41) is 7.13. The van der Waals surface area contributed by atoms with E-state index in [-0.39, 0.29) is 23.1 Å². The van der Waals surface area contributed by atoms with Gasteiger partial charge in [-0.1, -0.05) is 44.0 Å². The van der Waals surface area contributed by atoms with Gasteiger partial charge in [0.15, 0.2) is 0 Å². The van der Waals surface area contributed by atoms with Crippen LogP contribution in [0.2, 0.25) is 10.0 Å². The van der Waals surface area contributed by atoms with Crippen molar-refractivity contribution in [2.75, 3.05) is 10.6 Å². The molecule has 2 N–H and O–H groups in total. The van der Waals surface area contributed by atoms with Crippen LogP contribution in [-0.2, 0) is 11.2 Å². The second kappa shape index (κ2) is 8.30. The Morgan fingerprint density at radius 3 is 2.61 bits per heavy atom. The molecule has 0 saturated heterocycles. The van der Waals surface area contributed by atoms with Gasteiger partial charge in [0, 0.05) is 12.1 Å². The minimum absolute atomic E-state index is 0.0187. The molecule has 3 rings (SSSR count). The van der Waals surface area contributed by atoms with E-state index in [9.17, 15) is 9.18 Å². The number of carbonyl (C=O) groups is 1. The number of hydrogen-bond donors (Lipinski definition) is 2. The van der Waals surface area contributed by atoms with Gasteiger partial charge in [0.05, 0.1) is 21.8 Å². The number of hydrogen-bond acceptors (Lipinski definition) is 2. The number of fused-ring (bicyclic) bond motifs is 1. The molecule has 1 aliphatic rings. The number of carbonyl (C=O) groups excluding carboxylic acids is 1. The van der Waals surface area contributed by atoms with Gasteiger partial charge in [-0.3, -0.25) is 4.79 Å². The third-order valence-corrected chi connectivity index (χ3v) is 5.51. The molecule has 0 spiro atoms. The topological polar surface area (TPSA) is 41.1 Å². The third kappa shape index (κ3) is 5.18. The summed E-state index contributed by atoms with van der Waals surface area (Å²) in [6.45, 7) is 5.94. The Morgan fingerprint density at radius 1 is 1.18 bits per heavy atom. The van der Waals surface area contributed by atoms with E-state index < -0.39 is 5.82 Å². The van der Waals surface area contributed by atoms with Crippen molar-refractivity contribution in [3.63, 3.8) is 0 Å². The minimum Gasteiger partial charge on any atom is -0.378 e. The number of rotatable bonds is 4. The van der Waals surface area contributed by atoms with Crippen LogP contribution in [0.5, 0.6) is 0 Å². The highest BCUT2D eigenvalue weighted by Gasteiger charge is 2.24. The van der Waals surface area contributed by atoms with Crippen LogP contribution in [0.25, 0.3) is 0 Å². The largest absolute Gasteiger partial charge is 0.378 e. The second-order valence-electron chi connectivity index (χ2n) is 8.53. The van der Waals surface area contributed by atoms with Crippen molar-refractivity contribution in [3.05, 3.63) is 57.3 Å². The number of halogens is 3. The van der Waals surface area contributed by atoms with Crippen molar-refractivity contribution in [1.82, 2.24) is 0 Å². The highest BCUT2D eigenvalue weighted by atomic mass is 35.5. The molecule has 0 heterocycles. The molecule has 0 saturated carbocycles. The first kappa shape index (κ1) is 20.9. The predicted molar refractivity (Wildman–Crippen MR) is 115 cm³/mol. The van der Waals surface area contributed by atoms with Crippen LogP contribution in [0.1, 0.15) is 57.2 Å². The maximum atomic E-state index is 14.7. The van der Waals surface area contributed by atoms with Crippen LogP contribution < -0.4 is 10.6 Å². The predicted octanol–water partition coefficient (Wildman–Crippen LogP) is 7.00. The maximum Gasteiger partial charge on any atom is 0.224 e. The van der Waals surface area contributed by atoms with Gasteiger partial charge in [0.1, 0.15) is 5.82 Å². The van der Waals surface area contributed by atoms with Gasteiger partial charge < -0.3 is 10.6 Å². The molecule has 1 aliphatic carbocycles. The Labute approximate surface area is 175 Å². The summed E-state index contributed by atoms with van der Waals surface area (Å²) in [6, 6.07) is 8.67. The zero-order valence-electron chi connectivity index (χ0n) is 16.3. The summed E-state index contributed by atoms with van der Waals surface area (Å²) >= 11 is 12.1. The monoisotopic (exact) mass is 422 g/mol. The highest BCUT2D eigenvalue weighted by molar-refractivity contribution is 6.42. The van der Waals surface area contributed by atoms with E-state index in [2.05, 4.69) is 10.6 Å². The van der Waals surface area contributed by atoms with Gasteiger partial charge in [0.2, 0.25) is 5.91 Å². The fourth-order valence-corrected chi connectivity index (χ4v) is 3.83. The average Bonchev–Trinajstić information content (AvgIpc) is 2.58. The first-order chi connectivity index (χ1) is 13.1. The molecule has 0 aromatic heterocycles. The van der Waals surface area contributed by atoms with Crippen LogP contribution in [0.3, 0.4) is 0 Å². The fraction of sp³-hybridized carbons (Fsp3) is 0.409. The molecule has 1 amide bonds. The van der Waals surface area contributed by atoms with Crippen LogP contribution >= 0.6 is 23.2 Å². The lowest BCUT2D eigenvalue weighted by atomic mass is 9.87. The summed E-state index contributed by atoms with van der Waals surface area (Å²) in [4.78, 5) is 12.2. The SMILES string of the molecule is CC(C)(C)CC(=O)Nc1cc2c(cc1F)C(Nc1ccc(Cl)c(Cl)c1)CCC2. The number of aryl methyl sites for hydroxylation is 1. The molecule has 1 unspecified atom stereocenters. The first-order valence-electron chi connectivity index (χ1n) is 9.46. The second-order valence-corrected chi connectivity index (χ2v) is 9.35. The number of nitrogens with one attached hydrogen (secondary N) is 2. The zero-order valence-corrected chi connectivity index (χ0v) is 17.8. The van der Waals surface area contributed by atoms with E-state index in [0.29, 0.717) is 16.5 Å². The zero-order chi connectivity index (χ0) is 20.5. The Bertz CT molecular complexity index is 893. The van der Waals surface area contributed by atoms with E-state index >= 15 is 0 Å². The lowest BCUT2D eigenvalue weighted by Gasteiger charge is -2.28. The highest BCUT2D eigenvalue weighted by Crippen LogP contribution is 2.36. The Morgan fingerprint density at radius 2 is 1.93 bits per heavy atom. The molecule has 0 radical (unpaired) electrons. The smallest absolute Gasteiger partial charge is 0.224 e. The van der Waals surface area contributed by atoms with Crippen molar-refractivity contribution >= 4 is 40.5 Å². The van der Waals surface area contributed by atoms with E-state index in [1.807, 2.05) is 26.8 Å². The quantitative estimate of drug-likeness (QED) is 0.556. The molecule has 150 valence electrons. The van der Waals surface area contributed by atoms with E-state index in [4.69, 9.17) is 23.2 Å². The summed E-state index contributed by atoms with van der Waals surface area (Å²) < 4.78 is 14.7. The molecule has 6 heteroatoms. The van der Waals surface area contributed by atoms with Crippen LogP contribution in [0.4, 0.5) is 15.8 Å². The molecule has 2 aromatic rings. The fourth-order valence-electron chi connectivity index (χ4n) is 3.54. The number of benzene rings is 2. The molecule has 28 heavy (non-hydrogen) atoms. The van der Waals surface area contributed by atoms with Crippen molar-refractivity contribution < 1.29 is 9.18 Å². The molecular weight excluding hydrogens is 398 g/mol. The lowest BCUT2D eigenvalue weighted by Crippen LogP contribution is -2.22. The molecule has 0 bridgehead atoms. The summed E-state index contributed by atoms with van der Waals surface area (Å²) in [6.07, 6.45) is 3.07. The molecule has 3 nitrogen and oxygen atoms in total.